The third kappa shape index (κ3) is 2.97. The maximum absolute atomic E-state index is 5.12. The number of nitrogens with one attached hydrogen (secondary N) is 1. The van der Waals surface area contributed by atoms with Gasteiger partial charge >= 0.3 is 0 Å². The molecule has 1 heterocycles. The zero-order valence-electron chi connectivity index (χ0n) is 10.7. The molecule has 4 nitrogen and oxygen atoms in total. The van der Waals surface area contributed by atoms with Gasteiger partial charge in [-0.2, -0.15) is 0 Å². The van der Waals surface area contributed by atoms with Crippen LogP contribution in [0.1, 0.15) is 13.3 Å². The highest BCUT2D eigenvalue weighted by molar-refractivity contribution is 5.60. The molecule has 2 rings (SSSR count). The lowest BCUT2D eigenvalue weighted by atomic mass is 10.1. The second kappa shape index (κ2) is 6.00. The minimum absolute atomic E-state index is 0.814. The second-order valence-corrected chi connectivity index (χ2v) is 3.96. The number of benzene rings is 1. The van der Waals surface area contributed by atoms with Crippen LogP contribution in [0.5, 0.6) is 5.75 Å². The van der Waals surface area contributed by atoms with Crippen molar-refractivity contribution in [1.29, 1.82) is 0 Å². The second-order valence-electron chi connectivity index (χ2n) is 3.96. The topological polar surface area (TPSA) is 47.0 Å². The van der Waals surface area contributed by atoms with Gasteiger partial charge in [0, 0.05) is 12.1 Å². The first-order valence-electron chi connectivity index (χ1n) is 6.05. The fraction of sp³-hybridized carbons (Fsp3) is 0.286. The molecule has 94 valence electrons. The molecule has 0 saturated carbocycles. The number of aromatic nitrogens is 2. The number of hydrogen-bond donors (Lipinski definition) is 1. The quantitative estimate of drug-likeness (QED) is 0.877. The van der Waals surface area contributed by atoms with Crippen LogP contribution < -0.4 is 10.1 Å². The average molecular weight is 243 g/mol. The maximum Gasteiger partial charge on any atom is 0.148 e. The highest BCUT2D eigenvalue weighted by atomic mass is 16.5. The van der Waals surface area contributed by atoms with Gasteiger partial charge < -0.3 is 10.1 Å². The van der Waals surface area contributed by atoms with E-state index in [4.69, 9.17) is 4.74 Å². The van der Waals surface area contributed by atoms with Crippen molar-refractivity contribution in [2.75, 3.05) is 19.0 Å². The summed E-state index contributed by atoms with van der Waals surface area (Å²) in [7, 11) is 1.66. The molecule has 0 fully saturated rings. The molecule has 1 aromatic heterocycles. The molecule has 18 heavy (non-hydrogen) atoms. The Hall–Kier alpha value is -2.10. The summed E-state index contributed by atoms with van der Waals surface area (Å²) in [6.07, 6.45) is 1.07. The van der Waals surface area contributed by atoms with E-state index in [1.165, 1.54) is 0 Å². The third-order valence-corrected chi connectivity index (χ3v) is 2.61. The van der Waals surface area contributed by atoms with Gasteiger partial charge in [0.15, 0.2) is 0 Å². The van der Waals surface area contributed by atoms with E-state index in [0.29, 0.717) is 0 Å². The van der Waals surface area contributed by atoms with Crippen LogP contribution in [0.2, 0.25) is 0 Å². The normalized spacial score (nSPS) is 10.1. The molecule has 0 atom stereocenters. The average Bonchev–Trinajstić information content (AvgIpc) is 2.46. The number of methoxy groups -OCH3 is 1. The lowest BCUT2D eigenvalue weighted by molar-refractivity contribution is 0.415. The van der Waals surface area contributed by atoms with Gasteiger partial charge in [0.2, 0.25) is 0 Å². The van der Waals surface area contributed by atoms with Gasteiger partial charge in [0.05, 0.1) is 12.8 Å². The molecule has 1 N–H and O–H groups in total. The minimum Gasteiger partial charge on any atom is -0.497 e. The Balaban J connectivity index is 2.12. The monoisotopic (exact) mass is 243 g/mol. The number of nitrogens with zero attached hydrogens (tertiary/aromatic N) is 2. The summed E-state index contributed by atoms with van der Waals surface area (Å²) in [4.78, 5) is 0. The lowest BCUT2D eigenvalue weighted by Gasteiger charge is -2.05. The first kappa shape index (κ1) is 12.4. The first-order valence-corrected chi connectivity index (χ1v) is 6.05. The van der Waals surface area contributed by atoms with Gasteiger partial charge in [-0.05, 0) is 42.8 Å². The van der Waals surface area contributed by atoms with Gasteiger partial charge in [-0.3, -0.25) is 0 Å². The van der Waals surface area contributed by atoms with Crippen molar-refractivity contribution in [3.05, 3.63) is 36.4 Å². The van der Waals surface area contributed by atoms with Crippen LogP contribution in [0.25, 0.3) is 11.3 Å². The van der Waals surface area contributed by atoms with Crippen molar-refractivity contribution >= 4 is 5.82 Å². The van der Waals surface area contributed by atoms with Crippen molar-refractivity contribution in [2.45, 2.75) is 13.3 Å². The fourth-order valence-corrected chi connectivity index (χ4v) is 1.60. The number of hydrogen-bond acceptors (Lipinski definition) is 4. The molecule has 0 radical (unpaired) electrons. The Morgan fingerprint density at radius 3 is 2.39 bits per heavy atom. The predicted octanol–water partition coefficient (Wildman–Crippen LogP) is 2.97. The number of ether oxygens (including phenoxy) is 1. The Morgan fingerprint density at radius 2 is 1.83 bits per heavy atom. The predicted molar refractivity (Wildman–Crippen MR) is 72.8 cm³/mol. The van der Waals surface area contributed by atoms with Crippen LogP contribution in [0, 0.1) is 0 Å². The Kier molecular flexibility index (Phi) is 4.12. The standard InChI is InChI=1S/C14H17N3O/c1-3-10-15-14-9-8-13(16-17-14)11-4-6-12(18-2)7-5-11/h4-9H,3,10H2,1-2H3,(H,15,17). The van der Waals surface area contributed by atoms with E-state index in [2.05, 4.69) is 22.4 Å². The van der Waals surface area contributed by atoms with E-state index in [0.717, 1.165) is 35.8 Å². The molecule has 0 amide bonds. The summed E-state index contributed by atoms with van der Waals surface area (Å²) in [5.41, 5.74) is 1.89. The fourth-order valence-electron chi connectivity index (χ4n) is 1.60. The smallest absolute Gasteiger partial charge is 0.148 e. The largest absolute Gasteiger partial charge is 0.497 e. The van der Waals surface area contributed by atoms with E-state index in [1.807, 2.05) is 36.4 Å². The Labute approximate surface area is 107 Å². The van der Waals surface area contributed by atoms with Crippen LogP contribution >= 0.6 is 0 Å². The molecular weight excluding hydrogens is 226 g/mol. The summed E-state index contributed by atoms with van der Waals surface area (Å²) in [5.74, 6) is 1.65. The number of rotatable bonds is 5. The summed E-state index contributed by atoms with van der Waals surface area (Å²) in [5, 5.41) is 11.5. The highest BCUT2D eigenvalue weighted by Gasteiger charge is 2.01. The highest BCUT2D eigenvalue weighted by Crippen LogP contribution is 2.20. The number of anilines is 1. The van der Waals surface area contributed by atoms with E-state index in [1.54, 1.807) is 7.11 Å². The lowest BCUT2D eigenvalue weighted by Crippen LogP contribution is -2.02. The molecule has 0 unspecified atom stereocenters. The summed E-state index contributed by atoms with van der Waals surface area (Å²) >= 11 is 0. The van der Waals surface area contributed by atoms with Crippen LogP contribution in [0.15, 0.2) is 36.4 Å². The zero-order valence-corrected chi connectivity index (χ0v) is 10.7. The van der Waals surface area contributed by atoms with Gasteiger partial charge in [0.25, 0.3) is 0 Å². The Morgan fingerprint density at radius 1 is 1.06 bits per heavy atom. The first-order chi connectivity index (χ1) is 8.83. The SMILES string of the molecule is CCCNc1ccc(-c2ccc(OC)cc2)nn1. The van der Waals surface area contributed by atoms with Gasteiger partial charge in [-0.15, -0.1) is 10.2 Å². The van der Waals surface area contributed by atoms with Crippen molar-refractivity contribution in [1.82, 2.24) is 10.2 Å². The van der Waals surface area contributed by atoms with E-state index in [9.17, 15) is 0 Å². The molecule has 0 bridgehead atoms. The summed E-state index contributed by atoms with van der Waals surface area (Å²) < 4.78 is 5.12. The van der Waals surface area contributed by atoms with Crippen molar-refractivity contribution < 1.29 is 4.74 Å². The zero-order chi connectivity index (χ0) is 12.8. The molecule has 2 aromatic rings. The molecule has 0 aliphatic carbocycles. The minimum atomic E-state index is 0.814. The van der Waals surface area contributed by atoms with Crippen LogP contribution in [-0.2, 0) is 0 Å². The Bertz CT molecular complexity index is 479. The molecule has 0 aliphatic heterocycles. The molecule has 0 spiro atoms. The summed E-state index contributed by atoms with van der Waals surface area (Å²) in [6, 6.07) is 11.7. The molecule has 0 saturated heterocycles. The van der Waals surface area contributed by atoms with Gasteiger partial charge in [0.1, 0.15) is 11.6 Å². The van der Waals surface area contributed by atoms with E-state index in [-0.39, 0.29) is 0 Å². The van der Waals surface area contributed by atoms with Gasteiger partial charge in [-0.1, -0.05) is 6.92 Å². The van der Waals surface area contributed by atoms with Gasteiger partial charge in [-0.25, -0.2) is 0 Å². The molecule has 4 heteroatoms. The van der Waals surface area contributed by atoms with E-state index < -0.39 is 0 Å². The van der Waals surface area contributed by atoms with Crippen molar-refractivity contribution in [3.8, 4) is 17.0 Å². The van der Waals surface area contributed by atoms with Crippen LogP contribution in [-0.4, -0.2) is 23.9 Å². The molecule has 1 aromatic carbocycles. The maximum atomic E-state index is 5.12. The van der Waals surface area contributed by atoms with Crippen LogP contribution in [0.4, 0.5) is 5.82 Å². The third-order valence-electron chi connectivity index (χ3n) is 2.61. The molecule has 0 aliphatic rings. The summed E-state index contributed by atoms with van der Waals surface area (Å²) in [6.45, 7) is 3.03. The van der Waals surface area contributed by atoms with Crippen molar-refractivity contribution in [3.63, 3.8) is 0 Å². The van der Waals surface area contributed by atoms with Crippen molar-refractivity contribution in [2.24, 2.45) is 0 Å². The molecular formula is C14H17N3O. The van der Waals surface area contributed by atoms with E-state index >= 15 is 0 Å². The van der Waals surface area contributed by atoms with Crippen LogP contribution in [0.3, 0.4) is 0 Å².